The molecule has 368 valence electrons. The first kappa shape index (κ1) is 51.4. The average Bonchev–Trinajstić information content (AvgIpc) is 3.30. The van der Waals surface area contributed by atoms with E-state index in [0.717, 1.165) is 24.3 Å². The summed E-state index contributed by atoms with van der Waals surface area (Å²) in [5.41, 5.74) is -0.257. The smallest absolute Gasteiger partial charge is 0.336 e. The number of carboxylic acid groups (broad SMARTS) is 2. The van der Waals surface area contributed by atoms with Gasteiger partial charge in [-0.1, -0.05) is 36.4 Å². The quantitative estimate of drug-likeness (QED) is 0.0363. The van der Waals surface area contributed by atoms with Gasteiger partial charge in [0, 0.05) is 26.2 Å². The van der Waals surface area contributed by atoms with E-state index in [9.17, 15) is 66.2 Å². The Kier molecular flexibility index (Phi) is 16.8. The Morgan fingerprint density at radius 3 is 1.20 bits per heavy atom. The maximum absolute atomic E-state index is 12.6. The number of rotatable bonds is 20. The van der Waals surface area contributed by atoms with Crippen molar-refractivity contribution in [2.24, 2.45) is 20.0 Å². The summed E-state index contributed by atoms with van der Waals surface area (Å²) in [5, 5.41) is 59.1. The molecule has 0 aliphatic rings. The van der Waals surface area contributed by atoms with Crippen LogP contribution in [0.3, 0.4) is 0 Å². The molecule has 0 saturated carbocycles. The van der Waals surface area contributed by atoms with E-state index >= 15 is 0 Å². The van der Waals surface area contributed by atoms with Crippen LogP contribution < -0.4 is 32.3 Å². The zero-order valence-electron chi connectivity index (χ0n) is 36.3. The molecular weight excluding hydrogens is 961 g/mol. The zero-order valence-corrected chi connectivity index (χ0v) is 37.9. The molecule has 28 heteroatoms. The van der Waals surface area contributed by atoms with Crippen LogP contribution in [0.5, 0.6) is 0 Å². The predicted octanol–water partition coefficient (Wildman–Crippen LogP) is 0.361. The summed E-state index contributed by atoms with van der Waals surface area (Å²) in [5.74, 6) is -2.61. The molecule has 70 heavy (non-hydrogen) atoms. The van der Waals surface area contributed by atoms with Crippen LogP contribution in [0.1, 0.15) is 31.8 Å². The lowest BCUT2D eigenvalue weighted by atomic mass is 10.0. The number of hydrogen-bond donors (Lipinski definition) is 12. The van der Waals surface area contributed by atoms with Crippen molar-refractivity contribution < 1.29 is 66.2 Å². The van der Waals surface area contributed by atoms with Crippen molar-refractivity contribution in [2.75, 3.05) is 62.4 Å². The summed E-state index contributed by atoms with van der Waals surface area (Å²) in [7, 11) is -9.14. The fourth-order valence-corrected chi connectivity index (χ4v) is 7.48. The van der Waals surface area contributed by atoms with Gasteiger partial charge in [0.15, 0.2) is 0 Å². The Labute approximate surface area is 395 Å². The molecule has 0 amide bonds. The summed E-state index contributed by atoms with van der Waals surface area (Å²) in [6.45, 7) is -1.31. The van der Waals surface area contributed by atoms with Crippen molar-refractivity contribution in [3.63, 3.8) is 0 Å². The minimum Gasteiger partial charge on any atom is -0.478 e. The Morgan fingerprint density at radius 2 is 0.871 bits per heavy atom. The van der Waals surface area contributed by atoms with Gasteiger partial charge in [-0.15, -0.1) is 0 Å². The number of aliphatic hydroxyl groups excluding tert-OH is 4. The molecule has 0 atom stereocenters. The minimum atomic E-state index is -4.57. The highest BCUT2D eigenvalue weighted by atomic mass is 32.2. The molecule has 0 aliphatic heterocycles. The number of hydrogen-bond acceptors (Lipinski definition) is 18. The van der Waals surface area contributed by atoms with Crippen molar-refractivity contribution >= 4 is 79.0 Å². The van der Waals surface area contributed by atoms with E-state index in [-0.39, 0.29) is 132 Å². The number of anilines is 2. The van der Waals surface area contributed by atoms with Crippen LogP contribution >= 0.6 is 0 Å². The highest BCUT2D eigenvalue weighted by Crippen LogP contribution is 2.24. The van der Waals surface area contributed by atoms with Crippen molar-refractivity contribution in [3.05, 3.63) is 130 Å². The molecule has 0 fully saturated rings. The molecule has 0 bridgehead atoms. The molecular formula is C42H44N12O14S2. The number of nitrogens with one attached hydrogen (secondary N) is 4. The molecule has 0 saturated heterocycles. The maximum Gasteiger partial charge on any atom is 0.336 e. The number of carbonyl (C=O) groups is 2. The fraction of sp³-hybridized carbons (Fsp3) is 0.190. The van der Waals surface area contributed by atoms with Gasteiger partial charge in [-0.05, 0) is 71.8 Å². The van der Waals surface area contributed by atoms with E-state index in [1.54, 1.807) is 0 Å². The Bertz CT molecular complexity index is 3220. The molecule has 0 radical (unpaired) electrons. The van der Waals surface area contributed by atoms with Gasteiger partial charge in [0.05, 0.1) is 70.1 Å². The lowest BCUT2D eigenvalue weighted by molar-refractivity contribution is 0.0685. The van der Waals surface area contributed by atoms with E-state index < -0.39 is 42.0 Å². The van der Waals surface area contributed by atoms with Crippen LogP contribution in [0.2, 0.25) is 0 Å². The van der Waals surface area contributed by atoms with Crippen molar-refractivity contribution in [3.8, 4) is 0 Å². The molecule has 2 aromatic heterocycles. The first-order chi connectivity index (χ1) is 33.4. The largest absolute Gasteiger partial charge is 0.478 e. The van der Waals surface area contributed by atoms with Crippen LogP contribution in [0, 0.1) is 0 Å². The first-order valence-electron chi connectivity index (χ1n) is 20.5. The second-order valence-electron chi connectivity index (χ2n) is 14.5. The summed E-state index contributed by atoms with van der Waals surface area (Å²) in [6, 6.07) is 18.3. The van der Waals surface area contributed by atoms with Gasteiger partial charge >= 0.3 is 11.9 Å². The van der Waals surface area contributed by atoms with E-state index in [4.69, 9.17) is 0 Å². The van der Waals surface area contributed by atoms with Gasteiger partial charge in [0.1, 0.15) is 0 Å². The lowest BCUT2D eigenvalue weighted by Gasteiger charge is -2.20. The van der Waals surface area contributed by atoms with Gasteiger partial charge in [0.25, 0.3) is 20.2 Å². The topological polar surface area (TPSA) is 409 Å². The third kappa shape index (κ3) is 13.8. The van der Waals surface area contributed by atoms with Crippen LogP contribution in [0.15, 0.2) is 115 Å². The van der Waals surface area contributed by atoms with E-state index in [1.165, 1.54) is 82.6 Å². The van der Waals surface area contributed by atoms with Gasteiger partial charge in [-0.3, -0.25) is 29.0 Å². The Hall–Kier alpha value is -7.96. The van der Waals surface area contributed by atoms with Crippen molar-refractivity contribution in [1.29, 1.82) is 0 Å². The normalized spacial score (nSPS) is 13.1. The van der Waals surface area contributed by atoms with Crippen molar-refractivity contribution in [2.45, 2.75) is 9.79 Å². The van der Waals surface area contributed by atoms with E-state index in [2.05, 4.69) is 49.9 Å². The first-order valence-corrected chi connectivity index (χ1v) is 23.4. The highest BCUT2D eigenvalue weighted by Gasteiger charge is 2.16. The molecule has 6 rings (SSSR count). The number of H-pyrrole nitrogens is 4. The minimum absolute atomic E-state index is 0.00931. The molecule has 2 heterocycles. The lowest BCUT2D eigenvalue weighted by Crippen LogP contribution is -2.37. The number of nitrogens with zero attached hydrogens (tertiary/aromatic N) is 8. The van der Waals surface area contributed by atoms with Crippen LogP contribution in [0.4, 0.5) is 34.6 Å². The molecule has 0 spiro atoms. The fourth-order valence-electron chi connectivity index (χ4n) is 6.44. The Balaban J connectivity index is 1.39. The maximum atomic E-state index is 12.6. The third-order valence-electron chi connectivity index (χ3n) is 9.58. The molecule has 12 N–H and O–H groups in total. The van der Waals surface area contributed by atoms with Gasteiger partial charge in [0.2, 0.25) is 34.4 Å². The second-order valence-corrected chi connectivity index (χ2v) is 17.3. The molecule has 26 nitrogen and oxygen atoms in total. The average molecular weight is 1010 g/mol. The van der Waals surface area contributed by atoms with Gasteiger partial charge in [-0.25, -0.2) is 29.6 Å². The predicted molar refractivity (Wildman–Crippen MR) is 248 cm³/mol. The van der Waals surface area contributed by atoms with Crippen LogP contribution in [0.25, 0.3) is 12.2 Å². The standard InChI is InChI=1S/C42H44N12O14S2/c55-17-13-53(14-18-56)41-49-37(43-27-3-1-5-31(21-27)69(63,64)65)47-39(51-41)45-29-11-9-25(33(23-29)35(59)60)7-8-26-10-12-30(24-34(26)36(61)62)46-40-48-38(50-42(52-40)54(15-19-57)16-20-58)44-28-4-2-6-32(22-28)70(66,67)68/h1-12,21-24,55-58H,13-20H2,(H,59,60)(H,61,62)(H,63,64,65)(H,66,67,68)(H2,43,45,47,49,51)(H2,44,46,48,50,52)/b8-7+. The van der Waals surface area contributed by atoms with E-state index in [1.807, 2.05) is 0 Å². The van der Waals surface area contributed by atoms with Gasteiger partial charge in [-0.2, -0.15) is 26.8 Å². The van der Waals surface area contributed by atoms with Gasteiger partial charge < -0.3 is 40.4 Å². The zero-order chi connectivity index (χ0) is 50.6. The molecule has 6 aromatic rings. The SMILES string of the molecule is O=C(O)c1cc(N=c2[nH]c(N(CCO)CCO)nc(=Nc3cccc(S(=O)(=O)O)c3)[nH]2)ccc1/C=C/c1ccc(N=c2[nH]c(N(CCO)CCO)nc(=Nc3cccc(S(=O)(=O)O)c3)[nH]2)cc1C(=O)O. The summed E-state index contributed by atoms with van der Waals surface area (Å²) in [4.78, 5) is 65.0. The number of benzene rings is 4. The summed E-state index contributed by atoms with van der Waals surface area (Å²) < 4.78 is 66.0. The number of aromatic amines is 4. The summed E-state index contributed by atoms with van der Waals surface area (Å²) in [6.07, 6.45) is 2.76. The molecule has 0 aliphatic carbocycles. The number of aromatic nitrogens is 6. The van der Waals surface area contributed by atoms with Crippen molar-refractivity contribution in [1.82, 2.24) is 29.9 Å². The number of aliphatic hydroxyl groups is 4. The second kappa shape index (κ2) is 22.9. The number of aromatic carboxylic acids is 2. The highest BCUT2D eigenvalue weighted by molar-refractivity contribution is 7.86. The monoisotopic (exact) mass is 1000 g/mol. The van der Waals surface area contributed by atoms with E-state index in [0.29, 0.717) is 0 Å². The Morgan fingerprint density at radius 1 is 0.514 bits per heavy atom. The third-order valence-corrected chi connectivity index (χ3v) is 11.3. The summed E-state index contributed by atoms with van der Waals surface area (Å²) >= 11 is 0. The van der Waals surface area contributed by atoms with Crippen LogP contribution in [-0.4, -0.2) is 151 Å². The molecule has 0 unspecified atom stereocenters. The van der Waals surface area contributed by atoms with Crippen LogP contribution in [-0.2, 0) is 20.2 Å². The molecule has 4 aromatic carbocycles. The number of carboxylic acids is 2.